The maximum Gasteiger partial charge on any atom is 0.138 e. The second kappa shape index (κ2) is 5.01. The van der Waals surface area contributed by atoms with Gasteiger partial charge in [0.2, 0.25) is 0 Å². The van der Waals surface area contributed by atoms with Gasteiger partial charge in [0.15, 0.2) is 0 Å². The molecule has 3 aromatic rings. The maximum atomic E-state index is 4.16. The lowest BCUT2D eigenvalue weighted by Gasteiger charge is -2.10. The molecule has 0 unspecified atom stereocenters. The molecule has 0 radical (unpaired) electrons. The predicted molar refractivity (Wildman–Crippen MR) is 73.0 cm³/mol. The van der Waals surface area contributed by atoms with E-state index in [2.05, 4.69) is 32.2 Å². The minimum Gasteiger partial charge on any atom is -0.379 e. The number of rotatable bonds is 4. The molecule has 0 amide bonds. The maximum absolute atomic E-state index is 4.16. The van der Waals surface area contributed by atoms with E-state index in [1.165, 1.54) is 11.9 Å². The lowest BCUT2D eigenvalue weighted by molar-refractivity contribution is 0.878. The quantitative estimate of drug-likeness (QED) is 0.780. The monoisotopic (exact) mass is 256 g/mol. The third-order valence-corrected chi connectivity index (χ3v) is 3.36. The van der Waals surface area contributed by atoms with Crippen molar-refractivity contribution in [2.75, 3.05) is 5.32 Å². The van der Waals surface area contributed by atoms with Gasteiger partial charge in [-0.05, 0) is 34.5 Å². The summed E-state index contributed by atoms with van der Waals surface area (Å²) in [5.74, 6) is 0. The van der Waals surface area contributed by atoms with Gasteiger partial charge in [0.1, 0.15) is 12.7 Å². The Bertz CT molecular complexity index is 602. The Hall–Kier alpha value is -2.14. The normalized spacial score (nSPS) is 10.4. The molecule has 0 aliphatic heterocycles. The van der Waals surface area contributed by atoms with Crippen molar-refractivity contribution in [3.63, 3.8) is 0 Å². The van der Waals surface area contributed by atoms with Gasteiger partial charge in [0.05, 0.1) is 11.4 Å². The van der Waals surface area contributed by atoms with E-state index in [0.29, 0.717) is 0 Å². The van der Waals surface area contributed by atoms with Crippen molar-refractivity contribution in [3.05, 3.63) is 59.3 Å². The summed E-state index contributed by atoms with van der Waals surface area (Å²) in [6.45, 7) is 0.815. The average Bonchev–Trinajstić information content (AvgIpc) is 3.10. The fourth-order valence-corrected chi connectivity index (χ4v) is 2.41. The molecule has 2 aromatic heterocycles. The number of aromatic nitrogens is 3. The molecule has 3 rings (SSSR count). The zero-order chi connectivity index (χ0) is 12.2. The molecule has 0 spiro atoms. The van der Waals surface area contributed by atoms with Crippen LogP contribution in [-0.2, 0) is 6.54 Å². The molecular formula is C13H12N4S. The van der Waals surface area contributed by atoms with Gasteiger partial charge in [-0.3, -0.25) is 0 Å². The van der Waals surface area contributed by atoms with Crippen LogP contribution < -0.4 is 5.32 Å². The van der Waals surface area contributed by atoms with Gasteiger partial charge in [-0.2, -0.15) is 16.4 Å². The third-order valence-electron chi connectivity index (χ3n) is 2.63. The number of hydrogen-bond donors (Lipinski definition) is 1. The van der Waals surface area contributed by atoms with Crippen LogP contribution in [0.1, 0.15) is 5.56 Å². The van der Waals surface area contributed by atoms with Crippen LogP contribution in [0.2, 0.25) is 0 Å². The summed E-state index contributed by atoms with van der Waals surface area (Å²) in [6.07, 6.45) is 3.24. The van der Waals surface area contributed by atoms with Gasteiger partial charge in [-0.15, -0.1) is 0 Å². The van der Waals surface area contributed by atoms with E-state index in [0.717, 1.165) is 17.9 Å². The number of nitrogens with zero attached hydrogens (tertiary/aromatic N) is 3. The predicted octanol–water partition coefficient (Wildman–Crippen LogP) is 2.94. The zero-order valence-corrected chi connectivity index (χ0v) is 10.5. The summed E-state index contributed by atoms with van der Waals surface area (Å²) in [5, 5.41) is 11.8. The minimum atomic E-state index is 0.815. The minimum absolute atomic E-state index is 0.815. The SMILES string of the molecule is c1ccc(-n2cncn2)c(NCc2ccsc2)c1. The standard InChI is InChI=1S/C13H12N4S/c1-2-4-13(17-10-14-9-16-17)12(3-1)15-7-11-5-6-18-8-11/h1-6,8-10,15H,7H2. The number of benzene rings is 1. The smallest absolute Gasteiger partial charge is 0.138 e. The van der Waals surface area contributed by atoms with E-state index < -0.39 is 0 Å². The van der Waals surface area contributed by atoms with Gasteiger partial charge < -0.3 is 5.32 Å². The van der Waals surface area contributed by atoms with Crippen molar-refractivity contribution in [3.8, 4) is 5.69 Å². The summed E-state index contributed by atoms with van der Waals surface area (Å²) in [4.78, 5) is 3.98. The number of thiophene rings is 1. The second-order valence-electron chi connectivity index (χ2n) is 3.84. The molecule has 1 aromatic carbocycles. The van der Waals surface area contributed by atoms with Gasteiger partial charge in [0, 0.05) is 6.54 Å². The van der Waals surface area contributed by atoms with E-state index in [-0.39, 0.29) is 0 Å². The summed E-state index contributed by atoms with van der Waals surface area (Å²) in [7, 11) is 0. The lowest BCUT2D eigenvalue weighted by atomic mass is 10.2. The highest BCUT2D eigenvalue weighted by Crippen LogP contribution is 2.19. The second-order valence-corrected chi connectivity index (χ2v) is 4.62. The molecule has 0 atom stereocenters. The summed E-state index contributed by atoms with van der Waals surface area (Å²) in [6, 6.07) is 10.2. The van der Waals surface area contributed by atoms with Crippen LogP contribution in [0.25, 0.3) is 5.69 Å². The topological polar surface area (TPSA) is 42.7 Å². The summed E-state index contributed by atoms with van der Waals surface area (Å²) in [5.41, 5.74) is 3.34. The van der Waals surface area contributed by atoms with Crippen LogP contribution in [0.4, 0.5) is 5.69 Å². The highest BCUT2D eigenvalue weighted by molar-refractivity contribution is 7.07. The molecule has 1 N–H and O–H groups in total. The first-order valence-corrected chi connectivity index (χ1v) is 6.57. The number of nitrogens with one attached hydrogen (secondary N) is 1. The molecule has 4 nitrogen and oxygen atoms in total. The van der Waals surface area contributed by atoms with Gasteiger partial charge in [-0.25, -0.2) is 9.67 Å². The van der Waals surface area contributed by atoms with Crippen LogP contribution >= 0.6 is 11.3 Å². The molecule has 0 aliphatic rings. The lowest BCUT2D eigenvalue weighted by Crippen LogP contribution is -2.04. The zero-order valence-electron chi connectivity index (χ0n) is 9.65. The Balaban J connectivity index is 1.84. The van der Waals surface area contributed by atoms with E-state index in [1.54, 1.807) is 22.3 Å². The van der Waals surface area contributed by atoms with Crippen molar-refractivity contribution in [2.45, 2.75) is 6.54 Å². The molecule has 2 heterocycles. The van der Waals surface area contributed by atoms with Crippen LogP contribution in [0.5, 0.6) is 0 Å². The molecule has 0 fully saturated rings. The first-order valence-electron chi connectivity index (χ1n) is 5.62. The molecule has 0 bridgehead atoms. The van der Waals surface area contributed by atoms with Gasteiger partial charge in [0.25, 0.3) is 0 Å². The van der Waals surface area contributed by atoms with E-state index >= 15 is 0 Å². The molecule has 5 heteroatoms. The highest BCUT2D eigenvalue weighted by Gasteiger charge is 2.04. The molecule has 0 saturated carbocycles. The number of hydrogen-bond acceptors (Lipinski definition) is 4. The van der Waals surface area contributed by atoms with E-state index in [9.17, 15) is 0 Å². The van der Waals surface area contributed by atoms with Crippen molar-refractivity contribution in [1.29, 1.82) is 0 Å². The number of para-hydroxylation sites is 2. The summed E-state index contributed by atoms with van der Waals surface area (Å²) < 4.78 is 1.76. The molecule has 18 heavy (non-hydrogen) atoms. The molecule has 0 aliphatic carbocycles. The van der Waals surface area contributed by atoms with Crippen LogP contribution in [0.3, 0.4) is 0 Å². The molecular weight excluding hydrogens is 244 g/mol. The Morgan fingerprint density at radius 2 is 2.17 bits per heavy atom. The van der Waals surface area contributed by atoms with Crippen molar-refractivity contribution in [1.82, 2.24) is 14.8 Å². The molecule has 90 valence electrons. The van der Waals surface area contributed by atoms with Crippen molar-refractivity contribution >= 4 is 17.0 Å². The van der Waals surface area contributed by atoms with Crippen molar-refractivity contribution < 1.29 is 0 Å². The van der Waals surface area contributed by atoms with E-state index in [1.807, 2.05) is 24.3 Å². The van der Waals surface area contributed by atoms with Crippen LogP contribution in [0, 0.1) is 0 Å². The Morgan fingerprint density at radius 1 is 1.22 bits per heavy atom. The van der Waals surface area contributed by atoms with Crippen LogP contribution in [0.15, 0.2) is 53.7 Å². The van der Waals surface area contributed by atoms with Gasteiger partial charge >= 0.3 is 0 Å². The summed E-state index contributed by atoms with van der Waals surface area (Å²) >= 11 is 1.71. The Labute approximate surface area is 109 Å². The average molecular weight is 256 g/mol. The molecule has 0 saturated heterocycles. The third kappa shape index (κ3) is 2.26. The largest absolute Gasteiger partial charge is 0.379 e. The number of anilines is 1. The Morgan fingerprint density at radius 3 is 2.94 bits per heavy atom. The van der Waals surface area contributed by atoms with E-state index in [4.69, 9.17) is 0 Å². The fourth-order valence-electron chi connectivity index (χ4n) is 1.75. The first-order chi connectivity index (χ1) is 8.93. The highest BCUT2D eigenvalue weighted by atomic mass is 32.1. The fraction of sp³-hybridized carbons (Fsp3) is 0.0769. The van der Waals surface area contributed by atoms with Crippen molar-refractivity contribution in [2.24, 2.45) is 0 Å². The van der Waals surface area contributed by atoms with Crippen LogP contribution in [-0.4, -0.2) is 14.8 Å². The Kier molecular flexibility index (Phi) is 3.06. The first kappa shape index (κ1) is 11.0. The van der Waals surface area contributed by atoms with Gasteiger partial charge in [-0.1, -0.05) is 12.1 Å².